The quantitative estimate of drug-likeness (QED) is 0.0149. The minimum absolute atomic E-state index is 0. The number of hydrogen-bond acceptors (Lipinski definition) is 27. The summed E-state index contributed by atoms with van der Waals surface area (Å²) in [5.41, 5.74) is 2.66. The fraction of sp³-hybridized carbons (Fsp3) is 0.372. The smallest absolute Gasteiger partial charge is 1.00 e. The van der Waals surface area contributed by atoms with E-state index in [4.69, 9.17) is 120 Å². The number of aldehydes is 1. The van der Waals surface area contributed by atoms with Gasteiger partial charge in [0.05, 0.1) is 104 Å². The Morgan fingerprint density at radius 1 is 0.476 bits per heavy atom. The summed E-state index contributed by atoms with van der Waals surface area (Å²) < 4.78 is 281. The minimum atomic E-state index is -4.26. The third-order valence-electron chi connectivity index (χ3n) is 25.2. The molecule has 0 saturated carbocycles. The number of nitrogens with two attached hydrogens (primary N) is 1. The molecule has 27 nitrogen and oxygen atoms in total. The van der Waals surface area contributed by atoms with Crippen LogP contribution in [0, 0.1) is 82.2 Å². The molecule has 8 aliphatic rings. The van der Waals surface area contributed by atoms with Gasteiger partial charge in [-0.2, -0.15) is 0 Å². The van der Waals surface area contributed by atoms with Crippen LogP contribution in [0.15, 0.2) is 198 Å². The van der Waals surface area contributed by atoms with Crippen LogP contribution in [0.1, 0.15) is 79.1 Å². The second-order valence-electron chi connectivity index (χ2n) is 35.3. The van der Waals surface area contributed by atoms with Gasteiger partial charge in [-0.1, -0.05) is 96.0 Å². The molecule has 0 bridgehead atoms. The predicted molar refractivity (Wildman–Crippen MR) is 505 cm³/mol. The number of carbonyl (C=O) groups excluding carboxylic acids is 2. The molecule has 0 spiro atoms. The zero-order chi connectivity index (χ0) is 102. The molecule has 8 aliphatic heterocycles. The first-order valence-corrected chi connectivity index (χ1v) is 57.5. The zero-order valence-electron chi connectivity index (χ0n) is 78.1. The van der Waals surface area contributed by atoms with Gasteiger partial charge in [-0.15, -0.1) is 29.5 Å². The van der Waals surface area contributed by atoms with Crippen molar-refractivity contribution < 1.29 is 244 Å². The van der Waals surface area contributed by atoms with Gasteiger partial charge in [0.1, 0.15) is 76.3 Å². The van der Waals surface area contributed by atoms with Crippen molar-refractivity contribution in [1.29, 1.82) is 0 Å². The number of nitrogens with zero attached hydrogens (tertiary/aromatic N) is 3. The number of ether oxygens (including phenoxy) is 8. The van der Waals surface area contributed by atoms with Gasteiger partial charge in [-0.25, -0.2) is 74.7 Å². The van der Waals surface area contributed by atoms with Crippen LogP contribution in [0.2, 0.25) is 59.4 Å². The number of rotatable bonds is 17. The molecule has 762 valence electrons. The number of halogens is 14. The van der Waals surface area contributed by atoms with Gasteiger partial charge < -0.3 is 76.8 Å². The van der Waals surface area contributed by atoms with Crippen LogP contribution in [0.25, 0.3) is 0 Å². The summed E-state index contributed by atoms with van der Waals surface area (Å²) in [6, 6.07) is 33.3. The molecule has 0 radical (unpaired) electrons. The molecular weight excluding hydrogens is 2240 g/mol. The summed E-state index contributed by atoms with van der Waals surface area (Å²) in [6.07, 6.45) is 5.55. The molecule has 4 saturated heterocycles. The number of benzene rings is 8. The van der Waals surface area contributed by atoms with E-state index in [2.05, 4.69) is 66.2 Å². The van der Waals surface area contributed by atoms with Gasteiger partial charge in [-0.3, -0.25) is 0 Å². The van der Waals surface area contributed by atoms with Gasteiger partial charge in [0.15, 0.2) is 85.6 Å². The molecule has 49 heteroatoms. The van der Waals surface area contributed by atoms with Crippen molar-refractivity contribution >= 4 is 138 Å². The second kappa shape index (κ2) is 50.4. The maximum absolute atomic E-state index is 15.5. The number of hydrogen-bond donors (Lipinski definition) is 3. The summed E-state index contributed by atoms with van der Waals surface area (Å²) in [7, 11) is -19.8. The van der Waals surface area contributed by atoms with Gasteiger partial charge in [0.25, 0.3) is 0 Å². The van der Waals surface area contributed by atoms with Crippen LogP contribution >= 0.6 is 58.8 Å². The number of carboxylic acid groups (broad SMARTS) is 1. The van der Waals surface area contributed by atoms with Gasteiger partial charge in [0, 0.05) is 114 Å². The molecule has 10 aromatic rings. The SMILES string of the molecule is C#C[Si](C)(C)C.CC(=O)[O-].C[Si](C)(C)c1cc(C[C@@H]2OCC[C@@]3(S(=O)(=O)c4ccc(Cl)cc4)c4c(F)ccc(F)c4OC[C@@H]23)no1.Cl.NO.O=CC[C@@H]1OCC[C@@]2(S(=O)(=O)c3ccc(Cl)cc3)c3c(F)ccc(F)c3OC[C@@H]12.O=S(=O)(c1ccc(Cl)cc1)[C@@]12CCO[C@@H](C/C=N/O)[C@@H]1COc1c(F)ccc(F)c12.O=S(=O)(c1ccc(Cl)cc1)[C@@]12CCO[C@@H](Cc3ccon3)[C@@H]1COc1c(F)ccc(F)c12.[Cs+].[F-].[Na+]. The van der Waals surface area contributed by atoms with Crippen molar-refractivity contribution in [2.24, 2.45) is 34.7 Å². The number of carboxylic acids is 1. The number of oxime groups is 1. The van der Waals surface area contributed by atoms with Crippen LogP contribution in [0.4, 0.5) is 35.1 Å². The van der Waals surface area contributed by atoms with E-state index in [1.54, 1.807) is 6.07 Å². The maximum atomic E-state index is 15.5. The average Bonchev–Trinajstić information content (AvgIpc) is 1.16. The molecule has 0 aliphatic carbocycles. The van der Waals surface area contributed by atoms with Crippen LogP contribution in [-0.4, -0.2) is 166 Å². The van der Waals surface area contributed by atoms with E-state index < -0.39 is 187 Å². The largest absolute Gasteiger partial charge is 1.00 e. The van der Waals surface area contributed by atoms with Crippen molar-refractivity contribution in [1.82, 2.24) is 10.3 Å². The Balaban J connectivity index is 0.000000223. The normalized spacial score (nSPS) is 23.1. The van der Waals surface area contributed by atoms with E-state index in [-0.39, 0.29) is 273 Å². The molecule has 10 heterocycles. The predicted octanol–water partition coefficient (Wildman–Crippen LogP) is 7.81. The first kappa shape index (κ1) is 122. The Kier molecular flexibility index (Phi) is 42.8. The fourth-order valence-electron chi connectivity index (χ4n) is 18.8. The Labute approximate surface area is 929 Å². The van der Waals surface area contributed by atoms with Crippen LogP contribution in [0.5, 0.6) is 23.0 Å². The van der Waals surface area contributed by atoms with E-state index >= 15 is 17.6 Å². The third kappa shape index (κ3) is 24.5. The molecule has 4 N–H and O–H groups in total. The van der Waals surface area contributed by atoms with Crippen LogP contribution < -0.4 is 138 Å². The molecule has 4 fully saturated rings. The summed E-state index contributed by atoms with van der Waals surface area (Å²) in [4.78, 5) is 19.8. The first-order valence-electron chi connectivity index (χ1n) is 43.0. The Hall–Kier alpha value is -6.58. The maximum Gasteiger partial charge on any atom is 1.00 e. The zero-order valence-corrected chi connectivity index (χ0v) is 95.5. The van der Waals surface area contributed by atoms with Crippen molar-refractivity contribution in [3.05, 3.63) is 264 Å². The summed E-state index contributed by atoms with van der Waals surface area (Å²) >= 11 is 23.8. The fourth-order valence-corrected chi connectivity index (χ4v) is 29.6. The monoisotopic (exact) mass is 2330 g/mol. The van der Waals surface area contributed by atoms with Crippen molar-refractivity contribution in [3.63, 3.8) is 0 Å². The van der Waals surface area contributed by atoms with E-state index in [1.807, 2.05) is 6.07 Å². The van der Waals surface area contributed by atoms with Crippen molar-refractivity contribution in [2.75, 3.05) is 52.9 Å². The Morgan fingerprint density at radius 2 is 0.734 bits per heavy atom. The van der Waals surface area contributed by atoms with Gasteiger partial charge in [-0.05, 0) is 184 Å². The first-order chi connectivity index (χ1) is 65.7. The number of aliphatic carboxylic acids is 1. The molecule has 8 aromatic carbocycles. The molecule has 0 unspecified atom stereocenters. The number of fused-ring (bicyclic) bond motifs is 12. The number of sulfone groups is 4. The van der Waals surface area contributed by atoms with E-state index in [0.29, 0.717) is 37.8 Å². The summed E-state index contributed by atoms with van der Waals surface area (Å²) in [5.74, 6) is -9.29. The molecule has 18 rings (SSSR count). The number of carbonyl (C=O) groups is 2. The summed E-state index contributed by atoms with van der Waals surface area (Å²) in [5, 5.41) is 37.4. The van der Waals surface area contributed by atoms with E-state index in [9.17, 15) is 56.0 Å². The van der Waals surface area contributed by atoms with Crippen molar-refractivity contribution in [3.8, 4) is 35.0 Å². The second-order valence-corrected chi connectivity index (χ2v) is 55.6. The van der Waals surface area contributed by atoms with E-state index in [1.165, 1.54) is 110 Å². The van der Waals surface area contributed by atoms with Gasteiger partial charge >= 0.3 is 98.5 Å². The van der Waals surface area contributed by atoms with Crippen LogP contribution in [0.3, 0.4) is 0 Å². The molecule has 12 atom stereocenters. The standard InChI is InChI=1S/C25H26ClF2NO5SSi.C22H18ClF2NO5S.C20H18ClF2NO5S.C20H17ClF2O5S.C5H10Si.C2H4O2.ClH.Cs.FH.H3NO.Na/c1-36(2,3)22-13-16(29-34-22)12-21-18-14-33-24-20(28)9-8-19(27)23(24)25(18,10-11-32-21)35(30,31)17-6-4-15(26)5-7-17;23-13-1-3-15(4-2-13)32(27,28)22-8-10-29-19(11-14-7-9-31-26-14)16(22)12-30-21-18(25)6-5-17(24)20(21)22;21-12-1-3-13(4-2-12)30(26,27)20-8-10-28-17(7-9-24-25)14(20)11-29-19-16(23)6-5-15(22)18(19)20;21-12-1-3-13(4-2-12)29(25,26)20-8-10-27-17(7-9-24)14(20)11-28-19-16(23)6-5-15(22)18(19)20;1-5-6(2,3)4;1-2(3)4;;;;1-2;/h4-9,13,18,21H,10-12,14H2,1-3H3;1-7,9,16,19H,8,10-12H2;1-6,9,14,17,25H,7-8,10-11H2;1-6,9,14,17H,7-8,10-11H2;1H,2-4H3;1H3,(H,3,4);1H;;1H;2H,1H2;/q;;;;;;;+1;;;+1/p-2/b;;24-9+;;;;;;;;/t18-,21-,25-;16-,19-,22-;2*14-,17-,20-;;;;;;;/m0000......./s1. The molecule has 0 amide bonds. The number of aromatic nitrogens is 2. The van der Waals surface area contributed by atoms with Crippen LogP contribution in [-0.2, 0) is 99.7 Å². The summed E-state index contributed by atoms with van der Waals surface area (Å²) in [6.45, 7) is 13.1. The Morgan fingerprint density at radius 3 is 0.979 bits per heavy atom. The third-order valence-corrected chi connectivity index (χ3v) is 39.0. The van der Waals surface area contributed by atoms with Gasteiger partial charge in [0.2, 0.25) is 0 Å². The molecular formula is C94H96Cl5CsF9N4NaO23S4Si2. The number of terminal acetylenes is 1. The minimum Gasteiger partial charge on any atom is -1.00 e. The molecule has 143 heavy (non-hydrogen) atoms. The Bertz CT molecular complexity index is 6710. The topological polar surface area (TPSA) is 398 Å². The molecule has 2 aromatic heterocycles. The van der Waals surface area contributed by atoms with E-state index in [0.717, 1.165) is 60.8 Å². The van der Waals surface area contributed by atoms with Crippen molar-refractivity contribution in [2.45, 2.75) is 161 Å². The average molecular weight is 2340 g/mol.